The van der Waals surface area contributed by atoms with Gasteiger partial charge in [0.1, 0.15) is 0 Å². The third kappa shape index (κ3) is 3.36. The first kappa shape index (κ1) is 14.5. The van der Waals surface area contributed by atoms with Crippen LogP contribution < -0.4 is 5.32 Å². The van der Waals surface area contributed by atoms with E-state index >= 15 is 0 Å². The number of rotatable bonds is 2. The van der Waals surface area contributed by atoms with Gasteiger partial charge >= 0.3 is 6.18 Å². The molecule has 0 aliphatic rings. The van der Waals surface area contributed by atoms with Crippen LogP contribution in [0.5, 0.6) is 0 Å². The lowest BCUT2D eigenvalue weighted by Crippen LogP contribution is -2.13. The van der Waals surface area contributed by atoms with Gasteiger partial charge in [-0.15, -0.1) is 0 Å². The van der Waals surface area contributed by atoms with E-state index in [1.807, 2.05) is 0 Å². The highest BCUT2D eigenvalue weighted by molar-refractivity contribution is 9.10. The normalized spacial score (nSPS) is 11.2. The molecule has 1 aromatic carbocycles. The Labute approximate surface area is 121 Å². The quantitative estimate of drug-likeness (QED) is 0.890. The molecule has 0 bridgehead atoms. The SMILES string of the molecule is O=C(Nc1ccncc1Br)c1ccc(C(F)(F)F)cc1. The Kier molecular flexibility index (Phi) is 4.08. The van der Waals surface area contributed by atoms with E-state index in [0.717, 1.165) is 24.3 Å². The van der Waals surface area contributed by atoms with Crippen LogP contribution >= 0.6 is 15.9 Å². The molecule has 2 aromatic rings. The molecule has 1 N–H and O–H groups in total. The number of hydrogen-bond donors (Lipinski definition) is 1. The maximum atomic E-state index is 12.4. The Morgan fingerprint density at radius 1 is 1.15 bits per heavy atom. The molecular formula is C13H8BrF3N2O. The zero-order valence-corrected chi connectivity index (χ0v) is 11.5. The monoisotopic (exact) mass is 344 g/mol. The maximum Gasteiger partial charge on any atom is 0.416 e. The number of nitrogens with zero attached hydrogens (tertiary/aromatic N) is 1. The minimum atomic E-state index is -4.41. The van der Waals surface area contributed by atoms with Gasteiger partial charge in [0.15, 0.2) is 0 Å². The molecule has 0 atom stereocenters. The van der Waals surface area contributed by atoms with Gasteiger partial charge < -0.3 is 5.32 Å². The van der Waals surface area contributed by atoms with E-state index in [0.29, 0.717) is 10.2 Å². The number of carbonyl (C=O) groups is 1. The van der Waals surface area contributed by atoms with Crippen molar-refractivity contribution in [2.75, 3.05) is 5.32 Å². The molecule has 1 amide bonds. The number of anilines is 1. The topological polar surface area (TPSA) is 42.0 Å². The Morgan fingerprint density at radius 2 is 1.80 bits per heavy atom. The highest BCUT2D eigenvalue weighted by Crippen LogP contribution is 2.29. The van der Waals surface area contributed by atoms with Gasteiger partial charge in [-0.05, 0) is 46.3 Å². The van der Waals surface area contributed by atoms with Crippen LogP contribution in [0.1, 0.15) is 15.9 Å². The summed E-state index contributed by atoms with van der Waals surface area (Å²) in [5.41, 5.74) is -0.161. The Bertz CT molecular complexity index is 626. The van der Waals surface area contributed by atoms with Gasteiger partial charge in [-0.3, -0.25) is 9.78 Å². The third-order valence-electron chi connectivity index (χ3n) is 2.50. The summed E-state index contributed by atoms with van der Waals surface area (Å²) in [6.45, 7) is 0. The van der Waals surface area contributed by atoms with Crippen LogP contribution in [-0.2, 0) is 6.18 Å². The lowest BCUT2D eigenvalue weighted by atomic mass is 10.1. The molecule has 3 nitrogen and oxygen atoms in total. The molecule has 0 saturated heterocycles. The highest BCUT2D eigenvalue weighted by atomic mass is 79.9. The van der Waals surface area contributed by atoms with Gasteiger partial charge in [-0.25, -0.2) is 0 Å². The minimum Gasteiger partial charge on any atom is -0.321 e. The first-order valence-corrected chi connectivity index (χ1v) is 6.25. The zero-order valence-electron chi connectivity index (χ0n) is 9.91. The van der Waals surface area contributed by atoms with Gasteiger partial charge in [0.2, 0.25) is 0 Å². The fourth-order valence-corrected chi connectivity index (χ4v) is 1.83. The van der Waals surface area contributed by atoms with Crippen LogP contribution in [-0.4, -0.2) is 10.9 Å². The smallest absolute Gasteiger partial charge is 0.321 e. The maximum absolute atomic E-state index is 12.4. The molecule has 0 aliphatic carbocycles. The number of carbonyl (C=O) groups excluding carboxylic acids is 1. The van der Waals surface area contributed by atoms with Crippen LogP contribution in [0.25, 0.3) is 0 Å². The van der Waals surface area contributed by atoms with Crippen LogP contribution in [0.15, 0.2) is 47.2 Å². The Morgan fingerprint density at radius 3 is 2.35 bits per heavy atom. The van der Waals surface area contributed by atoms with Crippen LogP contribution in [0.2, 0.25) is 0 Å². The van der Waals surface area contributed by atoms with Gasteiger partial charge in [0.25, 0.3) is 5.91 Å². The molecule has 1 heterocycles. The molecule has 0 aliphatic heterocycles. The number of pyridine rings is 1. The summed E-state index contributed by atoms with van der Waals surface area (Å²) < 4.78 is 37.8. The summed E-state index contributed by atoms with van der Waals surface area (Å²) in [6, 6.07) is 5.58. The molecule has 0 unspecified atom stereocenters. The van der Waals surface area contributed by atoms with E-state index in [-0.39, 0.29) is 5.56 Å². The summed E-state index contributed by atoms with van der Waals surface area (Å²) in [4.78, 5) is 15.7. The minimum absolute atomic E-state index is 0.140. The molecule has 2 rings (SSSR count). The summed E-state index contributed by atoms with van der Waals surface area (Å²) in [5.74, 6) is -0.495. The first-order valence-electron chi connectivity index (χ1n) is 5.46. The molecule has 0 spiro atoms. The number of aromatic nitrogens is 1. The predicted octanol–water partition coefficient (Wildman–Crippen LogP) is 4.12. The van der Waals surface area contributed by atoms with Crippen LogP contribution in [0.4, 0.5) is 18.9 Å². The van der Waals surface area contributed by atoms with Crippen molar-refractivity contribution in [1.82, 2.24) is 4.98 Å². The molecule has 0 fully saturated rings. The largest absolute Gasteiger partial charge is 0.416 e. The summed E-state index contributed by atoms with van der Waals surface area (Å²) in [5, 5.41) is 2.58. The number of halogens is 4. The van der Waals surface area contributed by atoms with E-state index in [1.54, 1.807) is 6.07 Å². The average Bonchev–Trinajstić information content (AvgIpc) is 2.40. The molecular weight excluding hydrogens is 337 g/mol. The Hall–Kier alpha value is -1.89. The standard InChI is InChI=1S/C13H8BrF3N2O/c14-10-7-18-6-5-11(10)19-12(20)8-1-3-9(4-2-8)13(15,16)17/h1-7H,(H,18,19,20). The summed E-state index contributed by atoms with van der Waals surface area (Å²) >= 11 is 3.21. The fraction of sp³-hybridized carbons (Fsp3) is 0.0769. The fourth-order valence-electron chi connectivity index (χ4n) is 1.48. The zero-order chi connectivity index (χ0) is 14.8. The van der Waals surface area contributed by atoms with E-state index in [9.17, 15) is 18.0 Å². The van der Waals surface area contributed by atoms with Crippen molar-refractivity contribution in [3.8, 4) is 0 Å². The molecule has 0 radical (unpaired) electrons. The average molecular weight is 345 g/mol. The second-order valence-electron chi connectivity index (χ2n) is 3.88. The lowest BCUT2D eigenvalue weighted by Gasteiger charge is -2.09. The second kappa shape index (κ2) is 5.62. The summed E-state index contributed by atoms with van der Waals surface area (Å²) in [7, 11) is 0. The van der Waals surface area contributed by atoms with Crippen molar-refractivity contribution < 1.29 is 18.0 Å². The van der Waals surface area contributed by atoms with E-state index < -0.39 is 17.6 Å². The number of amides is 1. The van der Waals surface area contributed by atoms with Crippen LogP contribution in [0.3, 0.4) is 0 Å². The van der Waals surface area contributed by atoms with E-state index in [2.05, 4.69) is 26.2 Å². The van der Waals surface area contributed by atoms with Gasteiger partial charge in [0, 0.05) is 18.0 Å². The van der Waals surface area contributed by atoms with Crippen molar-refractivity contribution in [2.24, 2.45) is 0 Å². The van der Waals surface area contributed by atoms with Gasteiger partial charge in [-0.1, -0.05) is 0 Å². The van der Waals surface area contributed by atoms with Crippen molar-refractivity contribution in [3.05, 3.63) is 58.3 Å². The van der Waals surface area contributed by atoms with Crippen molar-refractivity contribution in [1.29, 1.82) is 0 Å². The number of nitrogens with one attached hydrogen (secondary N) is 1. The molecule has 104 valence electrons. The predicted molar refractivity (Wildman–Crippen MR) is 71.3 cm³/mol. The van der Waals surface area contributed by atoms with Gasteiger partial charge in [0.05, 0.1) is 15.7 Å². The van der Waals surface area contributed by atoms with Crippen molar-refractivity contribution in [2.45, 2.75) is 6.18 Å². The molecule has 1 aromatic heterocycles. The summed E-state index contributed by atoms with van der Waals surface area (Å²) in [6.07, 6.45) is -1.42. The number of alkyl halides is 3. The molecule has 20 heavy (non-hydrogen) atoms. The van der Waals surface area contributed by atoms with Crippen LogP contribution in [0, 0.1) is 0 Å². The van der Waals surface area contributed by atoms with E-state index in [1.165, 1.54) is 12.4 Å². The number of hydrogen-bond acceptors (Lipinski definition) is 2. The lowest BCUT2D eigenvalue weighted by molar-refractivity contribution is -0.137. The Balaban J connectivity index is 2.16. The first-order chi connectivity index (χ1) is 9.38. The van der Waals surface area contributed by atoms with Crippen molar-refractivity contribution in [3.63, 3.8) is 0 Å². The van der Waals surface area contributed by atoms with Gasteiger partial charge in [-0.2, -0.15) is 13.2 Å². The molecule has 7 heteroatoms. The highest BCUT2D eigenvalue weighted by Gasteiger charge is 2.30. The molecule has 0 saturated carbocycles. The van der Waals surface area contributed by atoms with Crippen molar-refractivity contribution >= 4 is 27.5 Å². The van der Waals surface area contributed by atoms with E-state index in [4.69, 9.17) is 0 Å². The number of benzene rings is 1. The second-order valence-corrected chi connectivity index (χ2v) is 4.74. The third-order valence-corrected chi connectivity index (χ3v) is 3.13.